The number of para-hydroxylation sites is 2. The number of aryl methyl sites for hydroxylation is 1. The predicted molar refractivity (Wildman–Crippen MR) is 150 cm³/mol. The van der Waals surface area contributed by atoms with E-state index in [1.165, 1.54) is 54.9 Å². The number of anilines is 2. The molecule has 0 radical (unpaired) electrons. The second-order valence-electron chi connectivity index (χ2n) is 8.92. The van der Waals surface area contributed by atoms with E-state index in [4.69, 9.17) is 14.2 Å². The zero-order valence-corrected chi connectivity index (χ0v) is 24.0. The monoisotopic (exact) mass is 589 g/mol. The Hall–Kier alpha value is -3.65. The zero-order valence-electron chi connectivity index (χ0n) is 22.4. The number of carbonyl (C=O) groups excluding carboxylic acids is 1. The van der Waals surface area contributed by atoms with Crippen molar-refractivity contribution in [3.8, 4) is 11.5 Å². The lowest BCUT2D eigenvalue weighted by Gasteiger charge is -2.27. The summed E-state index contributed by atoms with van der Waals surface area (Å²) in [6, 6.07) is 16.8. The summed E-state index contributed by atoms with van der Waals surface area (Å²) in [6.07, 6.45) is 0. The molecule has 0 bridgehead atoms. The topological polar surface area (TPSA) is 132 Å². The van der Waals surface area contributed by atoms with E-state index in [1.807, 2.05) is 6.92 Å². The number of sulfonamides is 2. The Bertz CT molecular complexity index is 1570. The van der Waals surface area contributed by atoms with Crippen molar-refractivity contribution in [2.24, 2.45) is 0 Å². The number of rotatable bonds is 10. The van der Waals surface area contributed by atoms with E-state index < -0.39 is 32.5 Å². The summed E-state index contributed by atoms with van der Waals surface area (Å²) in [4.78, 5) is 13.3. The van der Waals surface area contributed by atoms with Gasteiger partial charge in [0.15, 0.2) is 0 Å². The van der Waals surface area contributed by atoms with Crippen LogP contribution in [-0.2, 0) is 29.6 Å². The van der Waals surface area contributed by atoms with E-state index in [-0.39, 0.29) is 59.0 Å². The Kier molecular flexibility index (Phi) is 8.98. The minimum atomic E-state index is -4.21. The minimum Gasteiger partial charge on any atom is -0.495 e. The van der Waals surface area contributed by atoms with Gasteiger partial charge in [-0.3, -0.25) is 9.10 Å². The van der Waals surface area contributed by atoms with Crippen molar-refractivity contribution >= 4 is 37.3 Å². The molecule has 0 aliphatic carbocycles. The van der Waals surface area contributed by atoms with Gasteiger partial charge in [0, 0.05) is 13.1 Å². The Morgan fingerprint density at radius 2 is 1.52 bits per heavy atom. The van der Waals surface area contributed by atoms with E-state index in [2.05, 4.69) is 5.32 Å². The van der Waals surface area contributed by atoms with E-state index in [0.29, 0.717) is 0 Å². The summed E-state index contributed by atoms with van der Waals surface area (Å²) in [6.45, 7) is 2.20. The molecular formula is C27H31N3O8S2. The molecule has 3 aromatic carbocycles. The molecule has 1 aliphatic rings. The molecule has 0 spiro atoms. The maximum atomic E-state index is 13.8. The lowest BCUT2D eigenvalue weighted by Crippen LogP contribution is -2.40. The van der Waals surface area contributed by atoms with E-state index in [9.17, 15) is 21.6 Å². The first-order valence-electron chi connectivity index (χ1n) is 12.4. The average Bonchev–Trinajstić information content (AvgIpc) is 2.96. The van der Waals surface area contributed by atoms with Gasteiger partial charge in [-0.1, -0.05) is 29.8 Å². The molecule has 3 aromatic rings. The van der Waals surface area contributed by atoms with Crippen LogP contribution in [0.15, 0.2) is 76.5 Å². The number of nitrogens with zero attached hydrogens (tertiary/aromatic N) is 2. The average molecular weight is 590 g/mol. The van der Waals surface area contributed by atoms with Crippen LogP contribution in [0.3, 0.4) is 0 Å². The Labute approximate surface area is 234 Å². The van der Waals surface area contributed by atoms with Gasteiger partial charge in [0.05, 0.1) is 48.6 Å². The Morgan fingerprint density at radius 1 is 0.900 bits per heavy atom. The third-order valence-electron chi connectivity index (χ3n) is 6.30. The number of amides is 1. The van der Waals surface area contributed by atoms with Gasteiger partial charge < -0.3 is 19.5 Å². The van der Waals surface area contributed by atoms with E-state index >= 15 is 0 Å². The van der Waals surface area contributed by atoms with Gasteiger partial charge in [-0.15, -0.1) is 0 Å². The van der Waals surface area contributed by atoms with Gasteiger partial charge in [-0.2, -0.15) is 4.31 Å². The van der Waals surface area contributed by atoms with Gasteiger partial charge in [0.1, 0.15) is 18.0 Å². The standard InChI is InChI=1S/C27H31N3O8S2/c1-20-8-10-21(11-9-20)40(34,35)30(24-6-4-5-7-26(24)37-3)19-27(31)28-23-18-22(12-13-25(23)36-2)39(32,33)29-14-16-38-17-15-29/h4-13,18H,14-17,19H2,1-3H3,(H,28,31). The highest BCUT2D eigenvalue weighted by molar-refractivity contribution is 7.93. The molecule has 13 heteroatoms. The third kappa shape index (κ3) is 6.22. The number of nitrogens with one attached hydrogen (secondary N) is 1. The van der Waals surface area contributed by atoms with Gasteiger partial charge in [0.25, 0.3) is 10.0 Å². The smallest absolute Gasteiger partial charge is 0.264 e. The van der Waals surface area contributed by atoms with Crippen molar-refractivity contribution in [1.29, 1.82) is 0 Å². The Balaban J connectivity index is 1.68. The molecule has 0 saturated carbocycles. The van der Waals surface area contributed by atoms with Gasteiger partial charge in [0.2, 0.25) is 15.9 Å². The van der Waals surface area contributed by atoms with Crippen molar-refractivity contribution in [1.82, 2.24) is 4.31 Å². The highest BCUT2D eigenvalue weighted by Crippen LogP contribution is 2.33. The van der Waals surface area contributed by atoms with Crippen LogP contribution in [0.25, 0.3) is 0 Å². The summed E-state index contributed by atoms with van der Waals surface area (Å²) in [5.41, 5.74) is 1.12. The molecule has 0 unspecified atom stereocenters. The van der Waals surface area contributed by atoms with Crippen molar-refractivity contribution in [3.05, 3.63) is 72.3 Å². The maximum Gasteiger partial charge on any atom is 0.264 e. The fourth-order valence-electron chi connectivity index (χ4n) is 4.17. The molecule has 1 aliphatic heterocycles. The quantitative estimate of drug-likeness (QED) is 0.382. The first-order chi connectivity index (χ1) is 19.1. The van der Waals surface area contributed by atoms with E-state index in [0.717, 1.165) is 9.87 Å². The summed E-state index contributed by atoms with van der Waals surface area (Å²) < 4.78 is 72.1. The molecule has 1 N–H and O–H groups in total. The summed E-state index contributed by atoms with van der Waals surface area (Å²) >= 11 is 0. The fraction of sp³-hybridized carbons (Fsp3) is 0.296. The van der Waals surface area contributed by atoms with Gasteiger partial charge in [-0.05, 0) is 49.4 Å². The summed E-state index contributed by atoms with van der Waals surface area (Å²) in [5.74, 6) is -0.262. The van der Waals surface area contributed by atoms with Crippen LogP contribution >= 0.6 is 0 Å². The van der Waals surface area contributed by atoms with Crippen LogP contribution < -0.4 is 19.1 Å². The summed E-state index contributed by atoms with van der Waals surface area (Å²) in [5, 5.41) is 2.63. The SMILES string of the molecule is COc1ccc(S(=O)(=O)N2CCOCC2)cc1NC(=O)CN(c1ccccc1OC)S(=O)(=O)c1ccc(C)cc1. The molecule has 4 rings (SSSR count). The molecule has 0 atom stereocenters. The van der Waals surface area contributed by atoms with E-state index in [1.54, 1.807) is 30.3 Å². The fourth-order valence-corrected chi connectivity index (χ4v) is 7.04. The molecule has 1 saturated heterocycles. The third-order valence-corrected chi connectivity index (χ3v) is 9.97. The highest BCUT2D eigenvalue weighted by Gasteiger charge is 2.31. The number of carbonyl (C=O) groups is 1. The molecule has 1 amide bonds. The lowest BCUT2D eigenvalue weighted by molar-refractivity contribution is -0.114. The lowest BCUT2D eigenvalue weighted by atomic mass is 10.2. The van der Waals surface area contributed by atoms with Crippen LogP contribution in [0.4, 0.5) is 11.4 Å². The molecule has 214 valence electrons. The predicted octanol–water partition coefficient (Wildman–Crippen LogP) is 2.87. The number of morpholine rings is 1. The van der Waals surface area contributed by atoms with Gasteiger partial charge in [-0.25, -0.2) is 16.8 Å². The number of hydrogen-bond acceptors (Lipinski definition) is 8. The van der Waals surface area contributed by atoms with Crippen molar-refractivity contribution < 1.29 is 35.8 Å². The molecular weight excluding hydrogens is 558 g/mol. The van der Waals surface area contributed by atoms with Gasteiger partial charge >= 0.3 is 0 Å². The number of methoxy groups -OCH3 is 2. The molecule has 1 fully saturated rings. The molecule has 0 aromatic heterocycles. The van der Waals surface area contributed by atoms with Crippen LogP contribution in [0.1, 0.15) is 5.56 Å². The Morgan fingerprint density at radius 3 is 2.17 bits per heavy atom. The van der Waals surface area contributed by atoms with Crippen molar-refractivity contribution in [2.75, 3.05) is 56.7 Å². The molecule has 11 nitrogen and oxygen atoms in total. The maximum absolute atomic E-state index is 13.8. The van der Waals surface area contributed by atoms with Crippen LogP contribution in [-0.4, -0.2) is 74.1 Å². The number of ether oxygens (including phenoxy) is 3. The number of benzene rings is 3. The number of hydrogen-bond donors (Lipinski definition) is 1. The highest BCUT2D eigenvalue weighted by atomic mass is 32.2. The van der Waals surface area contributed by atoms with Crippen LogP contribution in [0.5, 0.6) is 11.5 Å². The zero-order chi connectivity index (χ0) is 28.9. The second-order valence-corrected chi connectivity index (χ2v) is 12.7. The van der Waals surface area contributed by atoms with Crippen molar-refractivity contribution in [3.63, 3.8) is 0 Å². The first-order valence-corrected chi connectivity index (χ1v) is 15.2. The molecule has 40 heavy (non-hydrogen) atoms. The van der Waals surface area contributed by atoms with Crippen LogP contribution in [0, 0.1) is 6.92 Å². The van der Waals surface area contributed by atoms with Crippen LogP contribution in [0.2, 0.25) is 0 Å². The largest absolute Gasteiger partial charge is 0.495 e. The molecule has 1 heterocycles. The first kappa shape index (κ1) is 29.3. The second kappa shape index (κ2) is 12.3. The summed E-state index contributed by atoms with van der Waals surface area (Å²) in [7, 11) is -5.28. The minimum absolute atomic E-state index is 0.00649. The van der Waals surface area contributed by atoms with Crippen molar-refractivity contribution in [2.45, 2.75) is 16.7 Å². The normalized spacial score (nSPS) is 14.4.